The molecule has 1 N–H and O–H groups in total. The monoisotopic (exact) mass is 273 g/mol. The average Bonchev–Trinajstić information content (AvgIpc) is 2.75. The summed E-state index contributed by atoms with van der Waals surface area (Å²) >= 11 is 0. The molecule has 1 heterocycles. The van der Waals surface area contributed by atoms with E-state index in [-0.39, 0.29) is 18.1 Å². The fourth-order valence-corrected chi connectivity index (χ4v) is 3.31. The van der Waals surface area contributed by atoms with Gasteiger partial charge in [-0.15, -0.1) is 0 Å². The highest BCUT2D eigenvalue weighted by molar-refractivity contribution is 5.78. The molecule has 0 aromatic heterocycles. The van der Waals surface area contributed by atoms with Gasteiger partial charge in [-0.2, -0.15) is 0 Å². The molecule has 1 aliphatic heterocycles. The standard InChI is InChI=1S/C17H23NO2/c19-17(20-14-8-3-1-2-4-9-14)16-15-10-6-5-7-13(15)11-12-18-16/h5-7,10,14,16,18H,1-4,8-9,11-12H2. The molecule has 1 saturated carbocycles. The molecule has 20 heavy (non-hydrogen) atoms. The van der Waals surface area contributed by atoms with Gasteiger partial charge in [-0.1, -0.05) is 37.1 Å². The number of esters is 1. The van der Waals surface area contributed by atoms with E-state index >= 15 is 0 Å². The number of nitrogens with one attached hydrogen (secondary N) is 1. The molecule has 3 nitrogen and oxygen atoms in total. The first-order chi connectivity index (χ1) is 9.84. The van der Waals surface area contributed by atoms with Crippen LogP contribution in [-0.4, -0.2) is 18.6 Å². The van der Waals surface area contributed by atoms with Crippen molar-refractivity contribution in [3.05, 3.63) is 35.4 Å². The minimum absolute atomic E-state index is 0.0935. The second-order valence-electron chi connectivity index (χ2n) is 5.89. The molecule has 3 rings (SSSR count). The molecule has 2 aliphatic rings. The highest BCUT2D eigenvalue weighted by Crippen LogP contribution is 2.26. The van der Waals surface area contributed by atoms with Crippen molar-refractivity contribution in [3.8, 4) is 0 Å². The van der Waals surface area contributed by atoms with E-state index in [0.29, 0.717) is 0 Å². The Labute approximate surface area is 120 Å². The maximum Gasteiger partial charge on any atom is 0.328 e. The Kier molecular flexibility index (Phi) is 4.36. The molecule has 108 valence electrons. The molecule has 0 amide bonds. The van der Waals surface area contributed by atoms with Crippen LogP contribution in [0, 0.1) is 0 Å². The Balaban J connectivity index is 1.68. The van der Waals surface area contributed by atoms with Crippen LogP contribution in [0.4, 0.5) is 0 Å². The Hall–Kier alpha value is -1.35. The SMILES string of the molecule is O=C(OC1CCCCCC1)C1NCCc2ccccc21. The van der Waals surface area contributed by atoms with Crippen molar-refractivity contribution < 1.29 is 9.53 Å². The molecule has 0 bridgehead atoms. The first kappa shape index (κ1) is 13.6. The molecule has 3 heteroatoms. The van der Waals surface area contributed by atoms with Crippen LogP contribution >= 0.6 is 0 Å². The van der Waals surface area contributed by atoms with Gasteiger partial charge in [0.15, 0.2) is 0 Å². The third-order valence-corrected chi connectivity index (χ3v) is 4.43. The van der Waals surface area contributed by atoms with E-state index in [2.05, 4.69) is 11.4 Å². The number of hydrogen-bond acceptors (Lipinski definition) is 3. The van der Waals surface area contributed by atoms with Gasteiger partial charge >= 0.3 is 5.97 Å². The summed E-state index contributed by atoms with van der Waals surface area (Å²) in [6.07, 6.45) is 8.10. The molecule has 1 unspecified atom stereocenters. The average molecular weight is 273 g/mol. The summed E-state index contributed by atoms with van der Waals surface area (Å²) < 4.78 is 5.77. The second-order valence-corrected chi connectivity index (χ2v) is 5.89. The predicted molar refractivity (Wildman–Crippen MR) is 78.5 cm³/mol. The fourth-order valence-electron chi connectivity index (χ4n) is 3.31. The van der Waals surface area contributed by atoms with Crippen LogP contribution in [0.25, 0.3) is 0 Å². The largest absolute Gasteiger partial charge is 0.461 e. The lowest BCUT2D eigenvalue weighted by Crippen LogP contribution is -2.37. The van der Waals surface area contributed by atoms with E-state index in [1.54, 1.807) is 0 Å². The van der Waals surface area contributed by atoms with Gasteiger partial charge < -0.3 is 10.1 Å². The molecule has 0 radical (unpaired) electrons. The zero-order chi connectivity index (χ0) is 13.8. The Morgan fingerprint density at radius 1 is 1.10 bits per heavy atom. The molecular weight excluding hydrogens is 250 g/mol. The summed E-state index contributed by atoms with van der Waals surface area (Å²) in [5.41, 5.74) is 2.37. The van der Waals surface area contributed by atoms with Gasteiger partial charge in [0.05, 0.1) is 0 Å². The van der Waals surface area contributed by atoms with Gasteiger partial charge in [0, 0.05) is 6.54 Å². The third kappa shape index (κ3) is 3.04. The van der Waals surface area contributed by atoms with Gasteiger partial charge in [-0.05, 0) is 43.2 Å². The molecule has 0 spiro atoms. The quantitative estimate of drug-likeness (QED) is 0.664. The molecule has 1 fully saturated rings. The zero-order valence-electron chi connectivity index (χ0n) is 11.9. The number of benzene rings is 1. The maximum absolute atomic E-state index is 12.5. The Bertz CT molecular complexity index is 464. The van der Waals surface area contributed by atoms with Gasteiger partial charge in [0.2, 0.25) is 0 Å². The van der Waals surface area contributed by atoms with Gasteiger partial charge in [0.1, 0.15) is 12.1 Å². The predicted octanol–water partition coefficient (Wildman–Crippen LogP) is 3.14. The summed E-state index contributed by atoms with van der Waals surface area (Å²) in [5, 5.41) is 3.31. The number of hydrogen-bond donors (Lipinski definition) is 1. The molecule has 1 aromatic rings. The molecular formula is C17H23NO2. The summed E-state index contributed by atoms with van der Waals surface area (Å²) in [5.74, 6) is -0.0935. The van der Waals surface area contributed by atoms with Crippen LogP contribution in [0.3, 0.4) is 0 Å². The normalized spacial score (nSPS) is 23.7. The number of carbonyl (C=O) groups excluding carboxylic acids is 1. The van der Waals surface area contributed by atoms with E-state index in [0.717, 1.165) is 31.4 Å². The van der Waals surface area contributed by atoms with Crippen molar-refractivity contribution >= 4 is 5.97 Å². The van der Waals surface area contributed by atoms with Crippen molar-refractivity contribution in [1.29, 1.82) is 0 Å². The van der Waals surface area contributed by atoms with Crippen LogP contribution in [0.5, 0.6) is 0 Å². The van der Waals surface area contributed by atoms with Crippen LogP contribution in [0.1, 0.15) is 55.7 Å². The highest BCUT2D eigenvalue weighted by Gasteiger charge is 2.29. The number of ether oxygens (including phenoxy) is 1. The summed E-state index contributed by atoms with van der Waals surface area (Å²) in [4.78, 5) is 12.5. The lowest BCUT2D eigenvalue weighted by Gasteiger charge is -2.27. The van der Waals surface area contributed by atoms with Crippen LogP contribution < -0.4 is 5.32 Å². The van der Waals surface area contributed by atoms with Crippen LogP contribution in [-0.2, 0) is 16.0 Å². The first-order valence-electron chi connectivity index (χ1n) is 7.86. The number of carbonyl (C=O) groups is 1. The van der Waals surface area contributed by atoms with Crippen molar-refractivity contribution in [2.24, 2.45) is 0 Å². The van der Waals surface area contributed by atoms with E-state index < -0.39 is 0 Å². The summed E-state index contributed by atoms with van der Waals surface area (Å²) in [7, 11) is 0. The molecule has 0 saturated heterocycles. The Morgan fingerprint density at radius 3 is 2.65 bits per heavy atom. The molecule has 1 aliphatic carbocycles. The smallest absolute Gasteiger partial charge is 0.328 e. The van der Waals surface area contributed by atoms with E-state index in [9.17, 15) is 4.79 Å². The minimum Gasteiger partial charge on any atom is -0.461 e. The minimum atomic E-state index is -0.275. The fraction of sp³-hybridized carbons (Fsp3) is 0.588. The van der Waals surface area contributed by atoms with Gasteiger partial charge in [-0.25, -0.2) is 4.79 Å². The zero-order valence-corrected chi connectivity index (χ0v) is 11.9. The van der Waals surface area contributed by atoms with Gasteiger partial charge in [0.25, 0.3) is 0 Å². The van der Waals surface area contributed by atoms with E-state index in [4.69, 9.17) is 4.74 Å². The van der Waals surface area contributed by atoms with Gasteiger partial charge in [-0.3, -0.25) is 0 Å². The highest BCUT2D eigenvalue weighted by atomic mass is 16.5. The number of rotatable bonds is 2. The van der Waals surface area contributed by atoms with Crippen molar-refractivity contribution in [2.45, 2.75) is 57.1 Å². The van der Waals surface area contributed by atoms with Crippen molar-refractivity contribution in [2.75, 3.05) is 6.54 Å². The summed E-state index contributed by atoms with van der Waals surface area (Å²) in [6.45, 7) is 0.849. The molecule has 1 atom stereocenters. The lowest BCUT2D eigenvalue weighted by atomic mass is 9.94. The second kappa shape index (κ2) is 6.40. The Morgan fingerprint density at radius 2 is 1.85 bits per heavy atom. The lowest BCUT2D eigenvalue weighted by molar-refractivity contribution is -0.152. The topological polar surface area (TPSA) is 38.3 Å². The first-order valence-corrected chi connectivity index (χ1v) is 7.86. The van der Waals surface area contributed by atoms with Crippen molar-refractivity contribution in [1.82, 2.24) is 5.32 Å². The number of fused-ring (bicyclic) bond motifs is 1. The molecule has 1 aromatic carbocycles. The van der Waals surface area contributed by atoms with Crippen LogP contribution in [0.2, 0.25) is 0 Å². The van der Waals surface area contributed by atoms with E-state index in [1.165, 1.54) is 31.2 Å². The maximum atomic E-state index is 12.5. The summed E-state index contributed by atoms with van der Waals surface area (Å²) in [6, 6.07) is 7.92. The third-order valence-electron chi connectivity index (χ3n) is 4.43. The van der Waals surface area contributed by atoms with Crippen LogP contribution in [0.15, 0.2) is 24.3 Å². The van der Waals surface area contributed by atoms with E-state index in [1.807, 2.05) is 18.2 Å². The van der Waals surface area contributed by atoms with Crippen molar-refractivity contribution in [3.63, 3.8) is 0 Å².